The van der Waals surface area contributed by atoms with Crippen LogP contribution in [0, 0.1) is 0 Å². The number of nitrogens with zero attached hydrogens (tertiary/aromatic N) is 3. The summed E-state index contributed by atoms with van der Waals surface area (Å²) in [6.45, 7) is 5.99. The summed E-state index contributed by atoms with van der Waals surface area (Å²) in [5.41, 5.74) is 9.29. The van der Waals surface area contributed by atoms with Crippen LogP contribution in [0.1, 0.15) is 54.6 Å². The van der Waals surface area contributed by atoms with Gasteiger partial charge in [-0.3, -0.25) is 4.79 Å². The van der Waals surface area contributed by atoms with Crippen LogP contribution in [-0.2, 0) is 0 Å². The molecule has 0 saturated carbocycles. The summed E-state index contributed by atoms with van der Waals surface area (Å²) < 4.78 is 6.13. The maximum Gasteiger partial charge on any atom is 0.254 e. The molecule has 2 atom stereocenters. The predicted molar refractivity (Wildman–Crippen MR) is 149 cm³/mol. The van der Waals surface area contributed by atoms with Crippen LogP contribution in [0.5, 0.6) is 5.75 Å². The SMILES string of the molecule is CC(Oc1cc(-c2ccc(C(=O)N3CCC[C@H]3CN3CCCC3)cc2)cnc1N)c1c(Cl)cccc1Cl. The monoisotopic (exact) mass is 538 g/mol. The lowest BCUT2D eigenvalue weighted by molar-refractivity contribution is 0.0709. The number of rotatable bonds is 7. The summed E-state index contributed by atoms with van der Waals surface area (Å²) in [7, 11) is 0. The fraction of sp³-hybridized carbons (Fsp3) is 0.379. The molecule has 1 amide bonds. The fourth-order valence-corrected chi connectivity index (χ4v) is 6.09. The molecule has 8 heteroatoms. The normalized spacial score (nSPS) is 18.8. The molecule has 0 radical (unpaired) electrons. The van der Waals surface area contributed by atoms with Crippen LogP contribution in [0.2, 0.25) is 10.0 Å². The summed E-state index contributed by atoms with van der Waals surface area (Å²) in [6.07, 6.45) is 5.97. The number of nitrogens with two attached hydrogens (primary N) is 1. The van der Waals surface area contributed by atoms with Crippen molar-refractivity contribution in [3.05, 3.63) is 75.9 Å². The number of hydrogen-bond acceptors (Lipinski definition) is 5. The zero-order valence-electron chi connectivity index (χ0n) is 21.0. The number of carbonyl (C=O) groups is 1. The van der Waals surface area contributed by atoms with Crippen molar-refractivity contribution in [2.75, 3.05) is 31.9 Å². The number of carbonyl (C=O) groups excluding carboxylic acids is 1. The average molecular weight is 540 g/mol. The Labute approximate surface area is 228 Å². The van der Waals surface area contributed by atoms with Crippen LogP contribution in [0.15, 0.2) is 54.7 Å². The summed E-state index contributed by atoms with van der Waals surface area (Å²) in [6, 6.07) is 15.2. The van der Waals surface area contributed by atoms with Gasteiger partial charge in [-0.2, -0.15) is 0 Å². The van der Waals surface area contributed by atoms with E-state index >= 15 is 0 Å². The lowest BCUT2D eigenvalue weighted by atomic mass is 10.0. The van der Waals surface area contributed by atoms with E-state index in [1.165, 1.54) is 12.8 Å². The topological polar surface area (TPSA) is 71.7 Å². The molecular formula is C29H32Cl2N4O2. The molecular weight excluding hydrogens is 507 g/mol. The maximum atomic E-state index is 13.3. The highest BCUT2D eigenvalue weighted by molar-refractivity contribution is 6.36. The van der Waals surface area contributed by atoms with Gasteiger partial charge < -0.3 is 20.3 Å². The highest BCUT2D eigenvalue weighted by Crippen LogP contribution is 2.36. The van der Waals surface area contributed by atoms with Gasteiger partial charge in [-0.1, -0.05) is 41.4 Å². The molecule has 194 valence electrons. The highest BCUT2D eigenvalue weighted by Gasteiger charge is 2.31. The maximum absolute atomic E-state index is 13.3. The average Bonchev–Trinajstić information content (AvgIpc) is 3.58. The quantitative estimate of drug-likeness (QED) is 0.372. The lowest BCUT2D eigenvalue weighted by Crippen LogP contribution is -2.42. The third kappa shape index (κ3) is 5.71. The number of aromatic nitrogens is 1. The molecule has 1 aromatic heterocycles. The fourth-order valence-electron chi connectivity index (χ4n) is 5.38. The van der Waals surface area contributed by atoms with Crippen molar-refractivity contribution in [3.63, 3.8) is 0 Å². The van der Waals surface area contributed by atoms with Gasteiger partial charge in [-0.05, 0) is 81.6 Å². The molecule has 3 aromatic rings. The predicted octanol–water partition coefficient (Wildman–Crippen LogP) is 6.48. The molecule has 0 spiro atoms. The van der Waals surface area contributed by atoms with Gasteiger partial charge in [-0.25, -0.2) is 4.98 Å². The van der Waals surface area contributed by atoms with Gasteiger partial charge in [-0.15, -0.1) is 0 Å². The standard InChI is InChI=1S/C29H32Cl2N4O2/c1-19(27-24(30)7-4-8-25(27)31)37-26-16-22(17-33-28(26)32)20-9-11-21(12-10-20)29(36)35-15-5-6-23(35)18-34-13-2-3-14-34/h4,7-12,16-17,19,23H,2-3,5-6,13-15,18H2,1H3,(H2,32,33)/t19?,23-/m0/s1. The Morgan fingerprint density at radius 1 is 1.05 bits per heavy atom. The second-order valence-corrected chi connectivity index (χ2v) is 10.7. The number of nitrogen functional groups attached to an aromatic ring is 1. The van der Waals surface area contributed by atoms with Crippen molar-refractivity contribution in [3.8, 4) is 16.9 Å². The van der Waals surface area contributed by atoms with E-state index < -0.39 is 6.10 Å². The van der Waals surface area contributed by atoms with Crippen molar-refractivity contribution in [1.29, 1.82) is 0 Å². The molecule has 2 aromatic carbocycles. The van der Waals surface area contributed by atoms with Gasteiger partial charge in [0.2, 0.25) is 0 Å². The molecule has 3 heterocycles. The van der Waals surface area contributed by atoms with Crippen LogP contribution < -0.4 is 10.5 Å². The van der Waals surface area contributed by atoms with Gasteiger partial charge in [0.15, 0.2) is 11.6 Å². The molecule has 0 aliphatic carbocycles. The first kappa shape index (κ1) is 25.8. The number of halogens is 2. The number of pyridine rings is 1. The third-order valence-corrected chi connectivity index (χ3v) is 8.02. The number of amides is 1. The Morgan fingerprint density at radius 3 is 2.46 bits per heavy atom. The van der Waals surface area contributed by atoms with E-state index in [1.54, 1.807) is 24.4 Å². The summed E-state index contributed by atoms with van der Waals surface area (Å²) in [5.74, 6) is 0.838. The van der Waals surface area contributed by atoms with E-state index in [2.05, 4.69) is 14.8 Å². The molecule has 1 unspecified atom stereocenters. The Balaban J connectivity index is 1.30. The zero-order valence-corrected chi connectivity index (χ0v) is 22.5. The number of ether oxygens (including phenoxy) is 1. The van der Waals surface area contributed by atoms with Crippen LogP contribution in [-0.4, -0.2) is 52.9 Å². The Morgan fingerprint density at radius 2 is 1.76 bits per heavy atom. The van der Waals surface area contributed by atoms with Crippen LogP contribution >= 0.6 is 23.2 Å². The van der Waals surface area contributed by atoms with E-state index in [1.807, 2.05) is 37.3 Å². The van der Waals surface area contributed by atoms with Crippen LogP contribution in [0.4, 0.5) is 5.82 Å². The van der Waals surface area contributed by atoms with E-state index in [4.69, 9.17) is 33.7 Å². The van der Waals surface area contributed by atoms with Crippen LogP contribution in [0.25, 0.3) is 11.1 Å². The van der Waals surface area contributed by atoms with Crippen molar-refractivity contribution < 1.29 is 9.53 Å². The number of likely N-dealkylation sites (tertiary alicyclic amines) is 2. The minimum Gasteiger partial charge on any atom is -0.482 e. The summed E-state index contributed by atoms with van der Waals surface area (Å²) >= 11 is 12.7. The second-order valence-electron chi connectivity index (χ2n) is 9.88. The Kier molecular flexibility index (Phi) is 7.89. The molecule has 0 bridgehead atoms. The van der Waals surface area contributed by atoms with Gasteiger partial charge in [0.05, 0.1) is 0 Å². The van der Waals surface area contributed by atoms with E-state index in [0.717, 1.165) is 50.1 Å². The molecule has 2 aliphatic rings. The van der Waals surface area contributed by atoms with E-state index in [9.17, 15) is 4.79 Å². The molecule has 6 nitrogen and oxygen atoms in total. The summed E-state index contributed by atoms with van der Waals surface area (Å²) in [4.78, 5) is 22.2. The van der Waals surface area contributed by atoms with Gasteiger partial charge in [0.1, 0.15) is 6.10 Å². The van der Waals surface area contributed by atoms with Gasteiger partial charge >= 0.3 is 0 Å². The molecule has 37 heavy (non-hydrogen) atoms. The molecule has 2 fully saturated rings. The number of anilines is 1. The van der Waals surface area contributed by atoms with Gasteiger partial charge in [0.25, 0.3) is 5.91 Å². The Bertz CT molecular complexity index is 1240. The van der Waals surface area contributed by atoms with Crippen molar-refractivity contribution in [2.24, 2.45) is 0 Å². The molecule has 2 saturated heterocycles. The van der Waals surface area contributed by atoms with Crippen molar-refractivity contribution in [1.82, 2.24) is 14.8 Å². The first-order valence-corrected chi connectivity index (χ1v) is 13.7. The second kappa shape index (κ2) is 11.3. The Hall–Kier alpha value is -2.80. The molecule has 5 rings (SSSR count). The molecule has 2 N–H and O–H groups in total. The first-order valence-electron chi connectivity index (χ1n) is 12.9. The third-order valence-electron chi connectivity index (χ3n) is 7.36. The first-order chi connectivity index (χ1) is 17.9. The minimum absolute atomic E-state index is 0.109. The summed E-state index contributed by atoms with van der Waals surface area (Å²) in [5, 5.41) is 1.06. The number of hydrogen-bond donors (Lipinski definition) is 1. The van der Waals surface area contributed by atoms with Gasteiger partial charge in [0, 0.05) is 52.1 Å². The number of benzene rings is 2. The van der Waals surface area contributed by atoms with Crippen molar-refractivity contribution in [2.45, 2.75) is 44.8 Å². The van der Waals surface area contributed by atoms with Crippen LogP contribution in [0.3, 0.4) is 0 Å². The van der Waals surface area contributed by atoms with Crippen molar-refractivity contribution >= 4 is 34.9 Å². The largest absolute Gasteiger partial charge is 0.482 e. The molecule has 2 aliphatic heterocycles. The minimum atomic E-state index is -0.422. The lowest BCUT2D eigenvalue weighted by Gasteiger charge is -2.28. The zero-order chi connectivity index (χ0) is 25.9. The van der Waals surface area contributed by atoms with E-state index in [-0.39, 0.29) is 11.7 Å². The van der Waals surface area contributed by atoms with E-state index in [0.29, 0.717) is 33.0 Å². The smallest absolute Gasteiger partial charge is 0.254 e. The highest BCUT2D eigenvalue weighted by atomic mass is 35.5.